The third-order valence-corrected chi connectivity index (χ3v) is 7.44. The molecule has 4 saturated carbocycles. The zero-order chi connectivity index (χ0) is 18.4. The van der Waals surface area contributed by atoms with Crippen molar-refractivity contribution in [3.05, 3.63) is 11.7 Å². The van der Waals surface area contributed by atoms with Crippen molar-refractivity contribution >= 4 is 5.91 Å². The second-order valence-electron chi connectivity index (χ2n) is 9.45. The van der Waals surface area contributed by atoms with Crippen LogP contribution in [0.15, 0.2) is 4.52 Å². The molecule has 2 N–H and O–H groups in total. The SMILES string of the molecule is CN1CCNCC1c1noc(CCNC(=O)C23CC4CC(CC(C4)C2)C3)n1. The maximum atomic E-state index is 13.0. The summed E-state index contributed by atoms with van der Waals surface area (Å²) in [6.07, 6.45) is 8.02. The van der Waals surface area contributed by atoms with Crippen molar-refractivity contribution in [2.75, 3.05) is 33.2 Å². The molecule has 0 aromatic carbocycles. The normalized spacial score (nSPS) is 38.3. The monoisotopic (exact) mass is 373 g/mol. The number of amides is 1. The van der Waals surface area contributed by atoms with Gasteiger partial charge in [-0.15, -0.1) is 0 Å². The molecule has 27 heavy (non-hydrogen) atoms. The molecule has 1 aliphatic heterocycles. The minimum absolute atomic E-state index is 0.0781. The molecule has 148 valence electrons. The van der Waals surface area contributed by atoms with Crippen LogP contribution in [0.2, 0.25) is 0 Å². The fraction of sp³-hybridized carbons (Fsp3) is 0.850. The number of piperazine rings is 1. The standard InChI is InChI=1S/C20H31N5O2/c1-25-5-4-21-12-16(25)18-23-17(27-24-18)2-3-22-19(26)20-9-13-6-14(10-20)8-15(7-13)11-20/h13-16,21H,2-12H2,1H3,(H,22,26). The van der Waals surface area contributed by atoms with Crippen LogP contribution in [0, 0.1) is 23.2 Å². The van der Waals surface area contributed by atoms with E-state index in [1.807, 2.05) is 0 Å². The van der Waals surface area contributed by atoms with Gasteiger partial charge in [0.05, 0.1) is 6.04 Å². The molecule has 5 fully saturated rings. The minimum Gasteiger partial charge on any atom is -0.355 e. The predicted octanol–water partition coefficient (Wildman–Crippen LogP) is 1.52. The largest absolute Gasteiger partial charge is 0.355 e. The Labute approximate surface area is 160 Å². The van der Waals surface area contributed by atoms with E-state index >= 15 is 0 Å². The van der Waals surface area contributed by atoms with Gasteiger partial charge in [0.25, 0.3) is 0 Å². The molecule has 7 nitrogen and oxygen atoms in total. The van der Waals surface area contributed by atoms with Crippen molar-refractivity contribution in [3.63, 3.8) is 0 Å². The molecule has 1 aromatic rings. The lowest BCUT2D eigenvalue weighted by Crippen LogP contribution is -2.53. The van der Waals surface area contributed by atoms with Crippen LogP contribution >= 0.6 is 0 Å². The van der Waals surface area contributed by atoms with E-state index in [9.17, 15) is 4.79 Å². The summed E-state index contributed by atoms with van der Waals surface area (Å²) in [4.78, 5) is 19.8. The van der Waals surface area contributed by atoms with Gasteiger partial charge in [0.15, 0.2) is 5.82 Å². The number of carbonyl (C=O) groups is 1. The van der Waals surface area contributed by atoms with Gasteiger partial charge in [0, 0.05) is 38.0 Å². The molecule has 6 rings (SSSR count). The molecule has 2 heterocycles. The Hall–Kier alpha value is -1.47. The first kappa shape index (κ1) is 17.6. The Morgan fingerprint density at radius 3 is 2.63 bits per heavy atom. The first-order valence-electron chi connectivity index (χ1n) is 10.6. The fourth-order valence-corrected chi connectivity index (χ4v) is 6.46. The number of nitrogens with one attached hydrogen (secondary N) is 2. The molecule has 1 amide bonds. The third kappa shape index (κ3) is 3.29. The van der Waals surface area contributed by atoms with Crippen LogP contribution < -0.4 is 10.6 Å². The molecule has 0 radical (unpaired) electrons. The summed E-state index contributed by atoms with van der Waals surface area (Å²) in [5.74, 6) is 4.02. The summed E-state index contributed by atoms with van der Waals surface area (Å²) in [5, 5.41) is 10.7. The first-order valence-corrected chi connectivity index (χ1v) is 10.6. The van der Waals surface area contributed by atoms with Crippen LogP contribution in [-0.2, 0) is 11.2 Å². The highest BCUT2D eigenvalue weighted by Crippen LogP contribution is 2.60. The lowest BCUT2D eigenvalue weighted by molar-refractivity contribution is -0.146. The number of aromatic nitrogens is 2. The highest BCUT2D eigenvalue weighted by molar-refractivity contribution is 5.83. The van der Waals surface area contributed by atoms with Gasteiger partial charge in [0.2, 0.25) is 11.8 Å². The molecular formula is C20H31N5O2. The number of likely N-dealkylation sites (N-methyl/N-ethyl adjacent to an activating group) is 1. The molecule has 1 atom stereocenters. The topological polar surface area (TPSA) is 83.3 Å². The summed E-state index contributed by atoms with van der Waals surface area (Å²) in [6.45, 7) is 3.41. The van der Waals surface area contributed by atoms with Gasteiger partial charge >= 0.3 is 0 Å². The van der Waals surface area contributed by atoms with Gasteiger partial charge in [-0.05, 0) is 63.3 Å². The molecule has 1 unspecified atom stereocenters. The first-order chi connectivity index (χ1) is 13.1. The van der Waals surface area contributed by atoms with E-state index < -0.39 is 0 Å². The number of hydrogen-bond acceptors (Lipinski definition) is 6. The summed E-state index contributed by atoms with van der Waals surface area (Å²) in [6, 6.07) is 0.165. The zero-order valence-electron chi connectivity index (χ0n) is 16.2. The van der Waals surface area contributed by atoms with Crippen LogP contribution in [0.1, 0.15) is 56.3 Å². The molecular weight excluding hydrogens is 342 g/mol. The molecule has 1 saturated heterocycles. The average molecular weight is 374 g/mol. The average Bonchev–Trinajstić information content (AvgIpc) is 3.09. The smallest absolute Gasteiger partial charge is 0.228 e. The van der Waals surface area contributed by atoms with E-state index in [-0.39, 0.29) is 17.4 Å². The lowest BCUT2D eigenvalue weighted by Gasteiger charge is -2.55. The van der Waals surface area contributed by atoms with Gasteiger partial charge in [-0.25, -0.2) is 0 Å². The number of hydrogen-bond donors (Lipinski definition) is 2. The minimum atomic E-state index is -0.0781. The highest BCUT2D eigenvalue weighted by Gasteiger charge is 2.54. The highest BCUT2D eigenvalue weighted by atomic mass is 16.5. The van der Waals surface area contributed by atoms with Gasteiger partial charge in [0.1, 0.15) is 0 Å². The van der Waals surface area contributed by atoms with Crippen molar-refractivity contribution in [2.45, 2.75) is 51.0 Å². The Morgan fingerprint density at radius 2 is 1.96 bits per heavy atom. The summed E-state index contributed by atoms with van der Waals surface area (Å²) in [5.41, 5.74) is -0.0781. The quantitative estimate of drug-likeness (QED) is 0.814. The Bertz CT molecular complexity index is 667. The van der Waals surface area contributed by atoms with E-state index in [1.165, 1.54) is 19.3 Å². The van der Waals surface area contributed by atoms with Gasteiger partial charge in [-0.1, -0.05) is 5.16 Å². The van der Waals surface area contributed by atoms with E-state index in [1.54, 1.807) is 0 Å². The van der Waals surface area contributed by atoms with Crippen LogP contribution in [-0.4, -0.2) is 54.2 Å². The molecule has 1 aromatic heterocycles. The number of carbonyl (C=O) groups excluding carboxylic acids is 1. The van der Waals surface area contributed by atoms with Crippen LogP contribution in [0.4, 0.5) is 0 Å². The number of nitrogens with zero attached hydrogens (tertiary/aromatic N) is 3. The Balaban J connectivity index is 1.16. The molecule has 5 aliphatic rings. The summed E-state index contributed by atoms with van der Waals surface area (Å²) < 4.78 is 5.43. The van der Waals surface area contributed by atoms with Crippen LogP contribution in [0.5, 0.6) is 0 Å². The van der Waals surface area contributed by atoms with Crippen molar-refractivity contribution in [2.24, 2.45) is 23.2 Å². The fourth-order valence-electron chi connectivity index (χ4n) is 6.46. The van der Waals surface area contributed by atoms with E-state index in [0.717, 1.165) is 62.5 Å². The molecule has 4 aliphatic carbocycles. The van der Waals surface area contributed by atoms with Crippen LogP contribution in [0.3, 0.4) is 0 Å². The molecule has 0 spiro atoms. The molecule has 7 heteroatoms. The second-order valence-corrected chi connectivity index (χ2v) is 9.45. The van der Waals surface area contributed by atoms with Crippen molar-refractivity contribution in [1.82, 2.24) is 25.7 Å². The van der Waals surface area contributed by atoms with Crippen molar-refractivity contribution in [1.29, 1.82) is 0 Å². The lowest BCUT2D eigenvalue weighted by atomic mass is 9.49. The second kappa shape index (κ2) is 6.85. The predicted molar refractivity (Wildman–Crippen MR) is 99.9 cm³/mol. The van der Waals surface area contributed by atoms with Crippen LogP contribution in [0.25, 0.3) is 0 Å². The maximum absolute atomic E-state index is 13.0. The third-order valence-electron chi connectivity index (χ3n) is 7.44. The Morgan fingerprint density at radius 1 is 1.26 bits per heavy atom. The van der Waals surface area contributed by atoms with E-state index in [4.69, 9.17) is 4.52 Å². The summed E-state index contributed by atoms with van der Waals surface area (Å²) in [7, 11) is 2.09. The van der Waals surface area contributed by atoms with E-state index in [0.29, 0.717) is 18.9 Å². The molecule has 4 bridgehead atoms. The van der Waals surface area contributed by atoms with Gasteiger partial charge in [-0.3, -0.25) is 9.69 Å². The number of rotatable bonds is 5. The maximum Gasteiger partial charge on any atom is 0.228 e. The van der Waals surface area contributed by atoms with Crippen molar-refractivity contribution < 1.29 is 9.32 Å². The van der Waals surface area contributed by atoms with E-state index in [2.05, 4.69) is 32.7 Å². The van der Waals surface area contributed by atoms with Gasteiger partial charge in [-0.2, -0.15) is 4.98 Å². The summed E-state index contributed by atoms with van der Waals surface area (Å²) >= 11 is 0. The van der Waals surface area contributed by atoms with Gasteiger partial charge < -0.3 is 15.2 Å². The zero-order valence-corrected chi connectivity index (χ0v) is 16.2. The van der Waals surface area contributed by atoms with Crippen molar-refractivity contribution in [3.8, 4) is 0 Å². The Kier molecular flexibility index (Phi) is 4.47.